The Morgan fingerprint density at radius 3 is 2.32 bits per heavy atom. The number of carbonyl (C=O) groups excluding carboxylic acids is 3. The maximum Gasteiger partial charge on any atom is 0.220 e. The first-order chi connectivity index (χ1) is 15.0. The Hall–Kier alpha value is -3.15. The van der Waals surface area contributed by atoms with Crippen LogP contribution in [-0.4, -0.2) is 36.7 Å². The summed E-state index contributed by atoms with van der Waals surface area (Å²) in [6, 6.07) is 8.25. The van der Waals surface area contributed by atoms with Gasteiger partial charge in [0.15, 0.2) is 0 Å². The van der Waals surface area contributed by atoms with Crippen LogP contribution in [0.5, 0.6) is 0 Å². The third-order valence-electron chi connectivity index (χ3n) is 4.99. The molecule has 1 heterocycles. The van der Waals surface area contributed by atoms with E-state index in [-0.39, 0.29) is 11.8 Å². The lowest BCUT2D eigenvalue weighted by Crippen LogP contribution is -2.24. The van der Waals surface area contributed by atoms with Crippen LogP contribution in [0.1, 0.15) is 50.2 Å². The molecular formula is C25H35N3O3. The monoisotopic (exact) mass is 425 g/mol. The highest BCUT2D eigenvalue weighted by molar-refractivity contribution is 5.78. The Kier molecular flexibility index (Phi) is 12.3. The summed E-state index contributed by atoms with van der Waals surface area (Å²) >= 11 is 0. The molecule has 0 aliphatic carbocycles. The molecular weight excluding hydrogens is 390 g/mol. The number of rotatable bonds is 9. The number of benzene rings is 1. The van der Waals surface area contributed by atoms with Crippen molar-refractivity contribution in [2.75, 3.05) is 13.6 Å². The molecule has 0 bridgehead atoms. The van der Waals surface area contributed by atoms with Gasteiger partial charge < -0.3 is 15.5 Å². The average Bonchev–Trinajstić information content (AvgIpc) is 2.78. The molecule has 2 rings (SSSR count). The second-order valence-corrected chi connectivity index (χ2v) is 7.20. The number of hydrogen-bond acceptors (Lipinski definition) is 3. The summed E-state index contributed by atoms with van der Waals surface area (Å²) in [5.41, 5.74) is 4.44. The summed E-state index contributed by atoms with van der Waals surface area (Å²) < 4.78 is 0. The van der Waals surface area contributed by atoms with Crippen molar-refractivity contribution in [1.29, 1.82) is 0 Å². The normalized spacial score (nSPS) is 15.2. The fourth-order valence-electron chi connectivity index (χ4n) is 3.24. The number of allylic oxidation sites excluding steroid dienone is 3. The van der Waals surface area contributed by atoms with Gasteiger partial charge in [0, 0.05) is 32.1 Å². The third-order valence-corrected chi connectivity index (χ3v) is 4.99. The van der Waals surface area contributed by atoms with Gasteiger partial charge in [0.25, 0.3) is 0 Å². The highest BCUT2D eigenvalue weighted by Crippen LogP contribution is 2.25. The topological polar surface area (TPSA) is 78.5 Å². The maximum atomic E-state index is 11.3. The standard InChI is InChI=1S/C16H17NO.C9H18N2O2/c1-3-13-9-10-14-7-5-6-8-15(14)11-17(12-18)16(13)4-2;1-3-7-11-9(13)6-4-5-8(12)10-2/h3-8,12H,1-2,9-11H2;3-7H2,1-2H3,(H,10,12)(H,11,13)/b16-13-;. The van der Waals surface area contributed by atoms with Crippen LogP contribution in [0, 0.1) is 0 Å². The van der Waals surface area contributed by atoms with Crippen molar-refractivity contribution in [3.63, 3.8) is 0 Å². The van der Waals surface area contributed by atoms with Crippen molar-refractivity contribution < 1.29 is 14.4 Å². The molecule has 0 radical (unpaired) electrons. The third kappa shape index (κ3) is 9.03. The van der Waals surface area contributed by atoms with Gasteiger partial charge in [-0.3, -0.25) is 14.4 Å². The predicted octanol–water partition coefficient (Wildman–Crippen LogP) is 3.65. The second-order valence-electron chi connectivity index (χ2n) is 7.20. The summed E-state index contributed by atoms with van der Waals surface area (Å²) in [6.07, 6.45) is 8.71. The van der Waals surface area contributed by atoms with Gasteiger partial charge in [-0.1, -0.05) is 50.4 Å². The number of carbonyl (C=O) groups is 3. The van der Waals surface area contributed by atoms with E-state index < -0.39 is 0 Å². The molecule has 168 valence electrons. The zero-order valence-corrected chi connectivity index (χ0v) is 18.8. The van der Waals surface area contributed by atoms with Crippen LogP contribution in [0.2, 0.25) is 0 Å². The van der Waals surface area contributed by atoms with Gasteiger partial charge in [0.1, 0.15) is 0 Å². The first kappa shape index (κ1) is 25.9. The fraction of sp³-hybridized carbons (Fsp3) is 0.400. The van der Waals surface area contributed by atoms with Crippen LogP contribution < -0.4 is 10.6 Å². The van der Waals surface area contributed by atoms with E-state index in [9.17, 15) is 14.4 Å². The quantitative estimate of drug-likeness (QED) is 0.593. The summed E-state index contributed by atoms with van der Waals surface area (Å²) in [4.78, 5) is 34.8. The molecule has 0 unspecified atom stereocenters. The minimum Gasteiger partial charge on any atom is -0.359 e. The Morgan fingerprint density at radius 2 is 1.74 bits per heavy atom. The Labute approximate surface area is 186 Å². The van der Waals surface area contributed by atoms with Gasteiger partial charge in [0.05, 0.1) is 6.54 Å². The SMILES string of the molecule is C=C/C1=C(\C=C)N(C=O)Cc2ccccc2CC1.CCCNC(=O)CCCC(=O)NC. The van der Waals surface area contributed by atoms with Crippen molar-refractivity contribution in [3.05, 3.63) is 72.0 Å². The number of aryl methyl sites for hydroxylation is 1. The van der Waals surface area contributed by atoms with Gasteiger partial charge in [-0.2, -0.15) is 0 Å². The van der Waals surface area contributed by atoms with Crippen LogP contribution in [0.3, 0.4) is 0 Å². The van der Waals surface area contributed by atoms with Crippen molar-refractivity contribution >= 4 is 18.2 Å². The molecule has 6 heteroatoms. The Bertz CT molecular complexity index is 799. The smallest absolute Gasteiger partial charge is 0.220 e. The molecule has 0 spiro atoms. The van der Waals surface area contributed by atoms with Gasteiger partial charge in [-0.25, -0.2) is 0 Å². The maximum absolute atomic E-state index is 11.3. The molecule has 3 amide bonds. The molecule has 31 heavy (non-hydrogen) atoms. The van der Waals surface area contributed by atoms with Gasteiger partial charge in [0.2, 0.25) is 18.2 Å². The first-order valence-electron chi connectivity index (χ1n) is 10.7. The van der Waals surface area contributed by atoms with Crippen molar-refractivity contribution in [3.8, 4) is 0 Å². The Morgan fingerprint density at radius 1 is 1.06 bits per heavy atom. The van der Waals surface area contributed by atoms with Crippen LogP contribution >= 0.6 is 0 Å². The summed E-state index contributed by atoms with van der Waals surface area (Å²) in [5, 5.41) is 5.26. The van der Waals surface area contributed by atoms with E-state index in [1.807, 2.05) is 25.1 Å². The number of nitrogens with zero attached hydrogens (tertiary/aromatic N) is 1. The van der Waals surface area contributed by atoms with E-state index in [4.69, 9.17) is 0 Å². The van der Waals surface area contributed by atoms with Gasteiger partial charge >= 0.3 is 0 Å². The fourth-order valence-corrected chi connectivity index (χ4v) is 3.24. The van der Waals surface area contributed by atoms with E-state index in [1.54, 1.807) is 18.0 Å². The summed E-state index contributed by atoms with van der Waals surface area (Å²) in [6.45, 7) is 11.0. The zero-order valence-electron chi connectivity index (χ0n) is 18.8. The summed E-state index contributed by atoms with van der Waals surface area (Å²) in [7, 11) is 1.60. The molecule has 0 aromatic heterocycles. The van der Waals surface area contributed by atoms with Gasteiger partial charge in [-0.15, -0.1) is 0 Å². The van der Waals surface area contributed by atoms with E-state index in [0.29, 0.717) is 25.8 Å². The highest BCUT2D eigenvalue weighted by Gasteiger charge is 2.16. The molecule has 0 fully saturated rings. The number of hydrogen-bond donors (Lipinski definition) is 2. The lowest BCUT2D eigenvalue weighted by molar-refractivity contribution is -0.122. The molecule has 0 saturated carbocycles. The number of nitrogens with one attached hydrogen (secondary N) is 2. The molecule has 1 aromatic rings. The van der Waals surface area contributed by atoms with Crippen molar-refractivity contribution in [1.82, 2.24) is 15.5 Å². The Balaban J connectivity index is 0.000000330. The zero-order chi connectivity index (χ0) is 23.1. The molecule has 1 aliphatic heterocycles. The minimum absolute atomic E-state index is 0.0108. The van der Waals surface area contributed by atoms with Crippen LogP contribution in [0.15, 0.2) is 60.8 Å². The molecule has 0 atom stereocenters. The molecule has 2 N–H and O–H groups in total. The van der Waals surface area contributed by atoms with Crippen molar-refractivity contribution in [2.45, 2.75) is 52.0 Å². The van der Waals surface area contributed by atoms with E-state index in [0.717, 1.165) is 43.5 Å². The van der Waals surface area contributed by atoms with E-state index in [2.05, 4.69) is 35.9 Å². The van der Waals surface area contributed by atoms with Crippen LogP contribution in [0.25, 0.3) is 0 Å². The molecule has 1 aromatic carbocycles. The van der Waals surface area contributed by atoms with E-state index in [1.165, 1.54) is 11.1 Å². The van der Waals surface area contributed by atoms with Crippen LogP contribution in [-0.2, 0) is 27.3 Å². The van der Waals surface area contributed by atoms with E-state index >= 15 is 0 Å². The molecule has 0 saturated heterocycles. The van der Waals surface area contributed by atoms with Gasteiger partial charge in [-0.05, 0) is 48.5 Å². The predicted molar refractivity (Wildman–Crippen MR) is 125 cm³/mol. The number of amides is 3. The highest BCUT2D eigenvalue weighted by atomic mass is 16.2. The average molecular weight is 426 g/mol. The van der Waals surface area contributed by atoms with Crippen LogP contribution in [0.4, 0.5) is 0 Å². The number of fused-ring (bicyclic) bond motifs is 1. The lowest BCUT2D eigenvalue weighted by Gasteiger charge is -2.25. The minimum atomic E-state index is -0.0108. The molecule has 1 aliphatic rings. The first-order valence-corrected chi connectivity index (χ1v) is 10.7. The van der Waals surface area contributed by atoms with Crippen molar-refractivity contribution in [2.24, 2.45) is 0 Å². The molecule has 6 nitrogen and oxygen atoms in total. The second kappa shape index (κ2) is 14.8. The largest absolute Gasteiger partial charge is 0.359 e. The lowest BCUT2D eigenvalue weighted by atomic mass is 9.95. The summed E-state index contributed by atoms with van der Waals surface area (Å²) in [5.74, 6) is 0.0223.